The third-order valence-corrected chi connectivity index (χ3v) is 6.26. The second-order valence-corrected chi connectivity index (χ2v) is 7.21. The lowest BCUT2D eigenvalue weighted by atomic mass is 10.3. The summed E-state index contributed by atoms with van der Waals surface area (Å²) in [5, 5.41) is 3.94. The van der Waals surface area contributed by atoms with Gasteiger partial charge in [0.1, 0.15) is 0 Å². The van der Waals surface area contributed by atoms with Gasteiger partial charge < -0.3 is 0 Å². The van der Waals surface area contributed by atoms with Crippen molar-refractivity contribution in [1.82, 2.24) is 0 Å². The molecule has 3 rings (SSSR count). The average molecular weight is 272 g/mol. The SMILES string of the molecule is C=c1ccccc1=[Si](c1ccccc1)c1ccccc1. The molecule has 0 spiro atoms. The van der Waals surface area contributed by atoms with Crippen molar-refractivity contribution >= 4 is 25.4 Å². The summed E-state index contributed by atoms with van der Waals surface area (Å²) in [5.41, 5.74) is 0. The fraction of sp³-hybridized carbons (Fsp3) is 0. The van der Waals surface area contributed by atoms with Crippen molar-refractivity contribution in [2.75, 3.05) is 0 Å². The first kappa shape index (κ1) is 12.8. The number of hydrogen-bond acceptors (Lipinski definition) is 0. The van der Waals surface area contributed by atoms with Crippen LogP contribution < -0.4 is 15.6 Å². The molecule has 0 bridgehead atoms. The van der Waals surface area contributed by atoms with E-state index in [0.717, 1.165) is 5.22 Å². The van der Waals surface area contributed by atoms with Crippen LogP contribution in [0.4, 0.5) is 0 Å². The van der Waals surface area contributed by atoms with Gasteiger partial charge in [-0.05, 0) is 20.4 Å². The number of rotatable bonds is 2. The Kier molecular flexibility index (Phi) is 3.70. The maximum Gasteiger partial charge on any atom is 0.0884 e. The molecule has 0 aliphatic carbocycles. The zero-order valence-electron chi connectivity index (χ0n) is 11.3. The van der Waals surface area contributed by atoms with Crippen LogP contribution in [0, 0.1) is 4.81 Å². The summed E-state index contributed by atoms with van der Waals surface area (Å²) in [6.07, 6.45) is 0. The first-order chi connectivity index (χ1) is 9.86. The largest absolute Gasteiger partial charge is 0.0916 e. The second-order valence-electron chi connectivity index (χ2n) is 4.76. The van der Waals surface area contributed by atoms with E-state index in [1.807, 2.05) is 0 Å². The monoisotopic (exact) mass is 272 g/mol. The van der Waals surface area contributed by atoms with Gasteiger partial charge in [0.25, 0.3) is 0 Å². The zero-order chi connectivity index (χ0) is 13.8. The topological polar surface area (TPSA) is 0 Å². The maximum atomic E-state index is 4.22. The molecule has 0 saturated heterocycles. The normalized spacial score (nSPS) is 10.2. The molecule has 3 aromatic rings. The van der Waals surface area contributed by atoms with Gasteiger partial charge in [0.15, 0.2) is 0 Å². The summed E-state index contributed by atoms with van der Waals surface area (Å²) in [6, 6.07) is 30.0. The number of benzene rings is 3. The van der Waals surface area contributed by atoms with E-state index in [1.165, 1.54) is 15.2 Å². The van der Waals surface area contributed by atoms with Crippen molar-refractivity contribution in [2.45, 2.75) is 0 Å². The molecule has 0 N–H and O–H groups in total. The van der Waals surface area contributed by atoms with E-state index in [9.17, 15) is 0 Å². The second kappa shape index (κ2) is 5.80. The van der Waals surface area contributed by atoms with E-state index in [4.69, 9.17) is 0 Å². The molecule has 0 saturated carbocycles. The highest BCUT2D eigenvalue weighted by molar-refractivity contribution is 6.78. The summed E-state index contributed by atoms with van der Waals surface area (Å²) in [6.45, 7) is 4.22. The van der Waals surface area contributed by atoms with Crippen LogP contribution in [0.5, 0.6) is 0 Å². The summed E-state index contributed by atoms with van der Waals surface area (Å²) in [7, 11) is -0.970. The van der Waals surface area contributed by atoms with Crippen molar-refractivity contribution in [3.05, 3.63) is 95.0 Å². The highest BCUT2D eigenvalue weighted by Crippen LogP contribution is 1.92. The molecule has 0 aliphatic rings. The fourth-order valence-corrected chi connectivity index (χ4v) is 5.13. The van der Waals surface area contributed by atoms with Crippen molar-refractivity contribution in [3.63, 3.8) is 0 Å². The van der Waals surface area contributed by atoms with E-state index < -0.39 is 8.41 Å². The first-order valence-corrected chi connectivity index (χ1v) is 8.25. The molecule has 0 fully saturated rings. The Bertz CT molecular complexity index is 764. The Morgan fingerprint density at radius 3 is 1.50 bits per heavy atom. The lowest BCUT2D eigenvalue weighted by Gasteiger charge is -2.08. The molecule has 0 heterocycles. The first-order valence-electron chi connectivity index (χ1n) is 6.75. The van der Waals surface area contributed by atoms with Crippen LogP contribution in [0.15, 0.2) is 84.9 Å². The van der Waals surface area contributed by atoms with E-state index in [-0.39, 0.29) is 0 Å². The van der Waals surface area contributed by atoms with E-state index in [1.54, 1.807) is 0 Å². The summed E-state index contributed by atoms with van der Waals surface area (Å²) in [5.74, 6) is 0. The minimum Gasteiger partial charge on any atom is -0.0916 e. The van der Waals surface area contributed by atoms with Gasteiger partial charge in [0.05, 0.1) is 8.41 Å². The van der Waals surface area contributed by atoms with Gasteiger partial charge >= 0.3 is 0 Å². The van der Waals surface area contributed by atoms with Gasteiger partial charge in [-0.2, -0.15) is 0 Å². The average Bonchev–Trinajstić information content (AvgIpc) is 2.52. The minimum absolute atomic E-state index is 0.970. The Balaban J connectivity index is 2.40. The van der Waals surface area contributed by atoms with Gasteiger partial charge in [0, 0.05) is 0 Å². The molecule has 0 atom stereocenters. The molecule has 1 heteroatoms. The van der Waals surface area contributed by atoms with Crippen LogP contribution in [0.3, 0.4) is 0 Å². The molecule has 3 aromatic carbocycles. The van der Waals surface area contributed by atoms with Gasteiger partial charge in [-0.3, -0.25) is 0 Å². The highest BCUT2D eigenvalue weighted by Gasteiger charge is 2.06. The van der Waals surface area contributed by atoms with Crippen LogP contribution in [0.1, 0.15) is 0 Å². The molecule has 96 valence electrons. The van der Waals surface area contributed by atoms with Crippen LogP contribution in [-0.2, 0) is 0 Å². The van der Waals surface area contributed by atoms with Gasteiger partial charge in [-0.25, -0.2) is 0 Å². The van der Waals surface area contributed by atoms with Crippen molar-refractivity contribution in [1.29, 1.82) is 0 Å². The lowest BCUT2D eigenvalue weighted by molar-refractivity contribution is 1.57. The predicted octanol–water partition coefficient (Wildman–Crippen LogP) is 2.24. The van der Waals surface area contributed by atoms with E-state index in [2.05, 4.69) is 91.5 Å². The molecule has 0 unspecified atom stereocenters. The minimum atomic E-state index is -0.970. The molecule has 0 nitrogen and oxygen atoms in total. The number of hydrogen-bond donors (Lipinski definition) is 0. The Hall–Kier alpha value is -2.25. The Morgan fingerprint density at radius 1 is 0.550 bits per heavy atom. The Labute approximate surface area is 120 Å². The zero-order valence-corrected chi connectivity index (χ0v) is 12.3. The summed E-state index contributed by atoms with van der Waals surface area (Å²) < 4.78 is 0. The quantitative estimate of drug-likeness (QED) is 0.628. The summed E-state index contributed by atoms with van der Waals surface area (Å²) in [4.78, 5) is 1.37. The third kappa shape index (κ3) is 2.54. The molecule has 0 radical (unpaired) electrons. The van der Waals surface area contributed by atoms with E-state index >= 15 is 0 Å². The van der Waals surface area contributed by atoms with Crippen molar-refractivity contribution in [3.8, 4) is 0 Å². The van der Waals surface area contributed by atoms with Crippen LogP contribution in [0.2, 0.25) is 0 Å². The molecule has 0 amide bonds. The van der Waals surface area contributed by atoms with Crippen LogP contribution >= 0.6 is 0 Å². The smallest absolute Gasteiger partial charge is 0.0884 e. The summed E-state index contributed by atoms with van der Waals surface area (Å²) >= 11 is 0. The van der Waals surface area contributed by atoms with Gasteiger partial charge in [0.2, 0.25) is 0 Å². The molecule has 0 aliphatic heterocycles. The highest BCUT2D eigenvalue weighted by atomic mass is 28.2. The van der Waals surface area contributed by atoms with Gasteiger partial charge in [-0.1, -0.05) is 91.5 Å². The molecular formula is C19H16Si. The van der Waals surface area contributed by atoms with E-state index in [0.29, 0.717) is 0 Å². The lowest BCUT2D eigenvalue weighted by Crippen LogP contribution is -2.36. The van der Waals surface area contributed by atoms with Crippen molar-refractivity contribution in [2.24, 2.45) is 0 Å². The third-order valence-electron chi connectivity index (χ3n) is 3.41. The molecule has 20 heavy (non-hydrogen) atoms. The molecular weight excluding hydrogens is 256 g/mol. The Morgan fingerprint density at radius 2 is 1.00 bits per heavy atom. The standard InChI is InChI=1S/C19H16Si/c1-16-10-8-9-15-19(16)20(17-11-4-2-5-12-17)18-13-6-3-7-14-18/h2-15H,1H2. The predicted molar refractivity (Wildman–Crippen MR) is 88.3 cm³/mol. The maximum absolute atomic E-state index is 4.22. The van der Waals surface area contributed by atoms with Crippen LogP contribution in [-0.4, -0.2) is 8.41 Å². The van der Waals surface area contributed by atoms with Gasteiger partial charge in [-0.15, -0.1) is 0 Å². The van der Waals surface area contributed by atoms with Crippen molar-refractivity contribution < 1.29 is 0 Å². The fourth-order valence-electron chi connectivity index (χ4n) is 2.45. The molecule has 0 aromatic heterocycles. The van der Waals surface area contributed by atoms with Crippen LogP contribution in [0.25, 0.3) is 6.58 Å².